The maximum Gasteiger partial charge on any atom is 0.150 e. The molecule has 0 saturated carbocycles. The van der Waals surface area contributed by atoms with Gasteiger partial charge in [-0.3, -0.25) is 4.90 Å². The summed E-state index contributed by atoms with van der Waals surface area (Å²) in [6.45, 7) is 7.20. The van der Waals surface area contributed by atoms with Gasteiger partial charge in [0.2, 0.25) is 0 Å². The normalized spacial score (nSPS) is 18.3. The maximum atomic E-state index is 13.8. The van der Waals surface area contributed by atoms with Crippen molar-refractivity contribution in [2.45, 2.75) is 32.5 Å². The summed E-state index contributed by atoms with van der Waals surface area (Å²) in [6.07, 6.45) is 0.890. The second-order valence-corrected chi connectivity index (χ2v) is 9.32. The van der Waals surface area contributed by atoms with Gasteiger partial charge in [-0.1, -0.05) is 36.7 Å². The van der Waals surface area contributed by atoms with Crippen LogP contribution in [0.1, 0.15) is 43.1 Å². The van der Waals surface area contributed by atoms with Crippen molar-refractivity contribution in [3.63, 3.8) is 0 Å². The van der Waals surface area contributed by atoms with Crippen molar-refractivity contribution in [1.29, 1.82) is 0 Å². The summed E-state index contributed by atoms with van der Waals surface area (Å²) in [6, 6.07) is 17.4. The Bertz CT molecular complexity index is 1230. The van der Waals surface area contributed by atoms with Gasteiger partial charge in [0, 0.05) is 35.9 Å². The van der Waals surface area contributed by atoms with Crippen molar-refractivity contribution in [2.24, 2.45) is 0 Å². The predicted molar refractivity (Wildman–Crippen MR) is 133 cm³/mol. The molecule has 1 atom stereocenters. The molecule has 0 bridgehead atoms. The van der Waals surface area contributed by atoms with Gasteiger partial charge < -0.3 is 14.6 Å². The quantitative estimate of drug-likeness (QED) is 0.426. The number of aromatic hydroxyl groups is 1. The zero-order valence-electron chi connectivity index (χ0n) is 19.2. The molecule has 2 heterocycles. The lowest BCUT2D eigenvalue weighted by atomic mass is 9.86. The van der Waals surface area contributed by atoms with Gasteiger partial charge in [0.05, 0.1) is 5.02 Å². The van der Waals surface area contributed by atoms with Crippen molar-refractivity contribution in [1.82, 2.24) is 4.90 Å². The molecule has 1 unspecified atom stereocenters. The second kappa shape index (κ2) is 9.32. The number of ether oxygens (including phenoxy) is 2. The predicted octanol–water partition coefficient (Wildman–Crippen LogP) is 6.72. The molecule has 6 heteroatoms. The van der Waals surface area contributed by atoms with Gasteiger partial charge in [-0.2, -0.15) is 0 Å². The van der Waals surface area contributed by atoms with Gasteiger partial charge in [-0.05, 0) is 67.4 Å². The van der Waals surface area contributed by atoms with Gasteiger partial charge in [0.15, 0.2) is 0 Å². The minimum Gasteiger partial charge on any atom is -0.508 e. The Balaban J connectivity index is 1.47. The molecule has 2 aliphatic heterocycles. The topological polar surface area (TPSA) is 41.9 Å². The molecule has 0 aliphatic carbocycles. The summed E-state index contributed by atoms with van der Waals surface area (Å²) < 4.78 is 26.3. The number of phenols is 1. The van der Waals surface area contributed by atoms with Crippen LogP contribution in [0.25, 0.3) is 11.1 Å². The fourth-order valence-electron chi connectivity index (χ4n) is 4.74. The fraction of sp³-hybridized carbons (Fsp3) is 0.286. The van der Waals surface area contributed by atoms with Crippen LogP contribution in [0, 0.1) is 5.82 Å². The van der Waals surface area contributed by atoms with E-state index in [4.69, 9.17) is 21.1 Å². The summed E-state index contributed by atoms with van der Waals surface area (Å²) in [5, 5.41) is 10.3. The summed E-state index contributed by atoms with van der Waals surface area (Å²) in [5.74, 6) is 1.16. The summed E-state index contributed by atoms with van der Waals surface area (Å²) in [5.41, 5.74) is 4.33. The van der Waals surface area contributed by atoms with Gasteiger partial charge >= 0.3 is 0 Å². The molecule has 0 spiro atoms. The van der Waals surface area contributed by atoms with Gasteiger partial charge in [0.1, 0.15) is 35.3 Å². The van der Waals surface area contributed by atoms with E-state index in [2.05, 4.69) is 11.8 Å². The minimum atomic E-state index is -0.477. The smallest absolute Gasteiger partial charge is 0.150 e. The van der Waals surface area contributed by atoms with Crippen molar-refractivity contribution in [3.8, 4) is 17.2 Å². The van der Waals surface area contributed by atoms with Crippen LogP contribution in [0.4, 0.5) is 4.39 Å². The van der Waals surface area contributed by atoms with Gasteiger partial charge in [-0.15, -0.1) is 0 Å². The first-order chi connectivity index (χ1) is 16.4. The van der Waals surface area contributed by atoms with Crippen LogP contribution < -0.4 is 9.47 Å². The Morgan fingerprint density at radius 2 is 1.79 bits per heavy atom. The average Bonchev–Trinajstić information content (AvgIpc) is 2.78. The van der Waals surface area contributed by atoms with E-state index in [9.17, 15) is 9.50 Å². The van der Waals surface area contributed by atoms with Crippen LogP contribution in [-0.4, -0.2) is 35.7 Å². The molecular weight excluding hydrogens is 453 g/mol. The van der Waals surface area contributed by atoms with Crippen LogP contribution in [-0.2, 0) is 0 Å². The van der Waals surface area contributed by atoms with Crippen LogP contribution in [0.15, 0.2) is 60.7 Å². The largest absolute Gasteiger partial charge is 0.508 e. The van der Waals surface area contributed by atoms with E-state index >= 15 is 0 Å². The maximum absolute atomic E-state index is 13.8. The van der Waals surface area contributed by atoms with E-state index in [0.29, 0.717) is 10.8 Å². The van der Waals surface area contributed by atoms with Gasteiger partial charge in [0.25, 0.3) is 0 Å². The molecule has 34 heavy (non-hydrogen) atoms. The Morgan fingerprint density at radius 1 is 1.06 bits per heavy atom. The zero-order chi connectivity index (χ0) is 23.8. The molecule has 4 nitrogen and oxygen atoms in total. The third kappa shape index (κ3) is 4.38. The lowest BCUT2D eigenvalue weighted by Crippen LogP contribution is -2.53. The third-order valence-electron chi connectivity index (χ3n) is 6.45. The molecule has 3 aromatic rings. The highest BCUT2D eigenvalue weighted by Crippen LogP contribution is 2.48. The Morgan fingerprint density at radius 3 is 2.50 bits per heavy atom. The standard InChI is InChI=1S/C28H27ClFNO3/c1-3-12-31-15-22(16-31)33-21-8-4-18(5-9-21)28-27(24-10-6-19(30)13-25(24)29)17(2)23-11-7-20(32)14-26(23)34-28/h4-11,13-14,22,28,32H,3,12,15-16H2,1-2H3. The first-order valence-electron chi connectivity index (χ1n) is 11.6. The number of phenolic OH excluding ortho intramolecular Hbond substituents is 1. The van der Waals surface area contributed by atoms with Gasteiger partial charge in [-0.25, -0.2) is 4.39 Å². The molecule has 0 aromatic heterocycles. The van der Waals surface area contributed by atoms with Crippen molar-refractivity contribution in [3.05, 3.63) is 88.2 Å². The number of rotatable bonds is 6. The molecule has 2 aliphatic rings. The van der Waals surface area contributed by atoms with Crippen LogP contribution in [0.3, 0.4) is 0 Å². The van der Waals surface area contributed by atoms with Crippen LogP contribution >= 0.6 is 11.6 Å². The molecule has 5 rings (SSSR count). The zero-order valence-corrected chi connectivity index (χ0v) is 20.0. The first kappa shape index (κ1) is 22.8. The van der Waals surface area contributed by atoms with E-state index in [-0.39, 0.29) is 17.7 Å². The van der Waals surface area contributed by atoms with Crippen LogP contribution in [0.2, 0.25) is 5.02 Å². The van der Waals surface area contributed by atoms with E-state index in [0.717, 1.165) is 59.6 Å². The lowest BCUT2D eigenvalue weighted by Gasteiger charge is -2.38. The third-order valence-corrected chi connectivity index (χ3v) is 6.76. The SMILES string of the molecule is CCCN1CC(Oc2ccc(C3Oc4cc(O)ccc4C(C)=C3c3ccc(F)cc3Cl)cc2)C1. The molecule has 3 aromatic carbocycles. The number of likely N-dealkylation sites (tertiary alicyclic amines) is 1. The number of halogens is 2. The van der Waals surface area contributed by atoms with Crippen molar-refractivity contribution < 1.29 is 19.0 Å². The highest BCUT2D eigenvalue weighted by atomic mass is 35.5. The first-order valence-corrected chi connectivity index (χ1v) is 12.0. The molecular formula is C28H27ClFNO3. The monoisotopic (exact) mass is 479 g/mol. The molecule has 1 fully saturated rings. The van der Waals surface area contributed by atoms with E-state index < -0.39 is 6.10 Å². The molecule has 0 amide bonds. The summed E-state index contributed by atoms with van der Waals surface area (Å²) in [4.78, 5) is 2.38. The lowest BCUT2D eigenvalue weighted by molar-refractivity contribution is 0.0202. The highest BCUT2D eigenvalue weighted by Gasteiger charge is 2.31. The highest BCUT2D eigenvalue weighted by molar-refractivity contribution is 6.32. The van der Waals surface area contributed by atoms with Crippen molar-refractivity contribution in [2.75, 3.05) is 19.6 Å². The summed E-state index contributed by atoms with van der Waals surface area (Å²) in [7, 11) is 0. The van der Waals surface area contributed by atoms with Crippen LogP contribution in [0.5, 0.6) is 17.2 Å². The number of benzene rings is 3. The van der Waals surface area contributed by atoms with E-state index in [1.54, 1.807) is 18.2 Å². The van der Waals surface area contributed by atoms with E-state index in [1.165, 1.54) is 12.1 Å². The Hall–Kier alpha value is -3.02. The molecule has 1 saturated heterocycles. The Kier molecular flexibility index (Phi) is 6.24. The van der Waals surface area contributed by atoms with E-state index in [1.807, 2.05) is 37.3 Å². The molecule has 0 radical (unpaired) electrons. The average molecular weight is 480 g/mol. The second-order valence-electron chi connectivity index (χ2n) is 8.91. The van der Waals surface area contributed by atoms with Crippen molar-refractivity contribution >= 4 is 22.7 Å². The Labute approximate surface area is 204 Å². The molecule has 176 valence electrons. The molecule has 1 N–H and O–H groups in total. The number of nitrogens with zero attached hydrogens (tertiary/aromatic N) is 1. The minimum absolute atomic E-state index is 0.134. The number of allylic oxidation sites excluding steroid dienone is 1. The fourth-order valence-corrected chi connectivity index (χ4v) is 5.01. The number of hydrogen-bond acceptors (Lipinski definition) is 4. The number of hydrogen-bond donors (Lipinski definition) is 1. The number of fused-ring (bicyclic) bond motifs is 1. The summed E-state index contributed by atoms with van der Waals surface area (Å²) >= 11 is 6.48.